The summed E-state index contributed by atoms with van der Waals surface area (Å²) in [5, 5.41) is 20.5. The van der Waals surface area contributed by atoms with E-state index in [1.54, 1.807) is 24.3 Å². The third kappa shape index (κ3) is 16.8. The molecule has 6 N–H and O–H groups in total. The third-order valence-electron chi connectivity index (χ3n) is 7.69. The van der Waals surface area contributed by atoms with Gasteiger partial charge in [-0.2, -0.15) is 4.98 Å². The molecule has 18 nitrogen and oxygen atoms in total. The molecule has 3 rings (SSSR count). The van der Waals surface area contributed by atoms with Gasteiger partial charge in [-0.3, -0.25) is 18.5 Å². The zero-order valence-electron chi connectivity index (χ0n) is 30.3. The Morgan fingerprint density at radius 3 is 1.98 bits per heavy atom. The fourth-order valence-corrected chi connectivity index (χ4v) is 7.23. The van der Waals surface area contributed by atoms with Crippen LogP contribution in [0.4, 0.5) is 5.82 Å². The maximum atomic E-state index is 12.5. The van der Waals surface area contributed by atoms with Crippen LogP contribution in [0.15, 0.2) is 41.3 Å². The molecule has 0 bridgehead atoms. The molecule has 0 spiro atoms. The number of hydrogen-bond acceptors (Lipinski definition) is 14. The Morgan fingerprint density at radius 2 is 1.51 bits per heavy atom. The predicted octanol–water partition coefficient (Wildman–Crippen LogP) is 2.23. The summed E-state index contributed by atoms with van der Waals surface area (Å²) in [7, 11) is -8.33. The summed E-state index contributed by atoms with van der Waals surface area (Å²) in [6.07, 6.45) is -4.97. The first-order valence-electron chi connectivity index (χ1n) is 16.6. The van der Waals surface area contributed by atoms with Crippen LogP contribution < -0.4 is 11.2 Å². The summed E-state index contributed by atoms with van der Waals surface area (Å²) < 4.78 is 38.2. The largest absolute Gasteiger partial charge is 0.465 e. The summed E-state index contributed by atoms with van der Waals surface area (Å²) in [6.45, 7) is 19.5. The topological polar surface area (TPSA) is 243 Å². The van der Waals surface area contributed by atoms with Crippen molar-refractivity contribution in [2.24, 2.45) is 0 Å². The highest BCUT2D eigenvalue weighted by atomic mass is 31.2. The fourth-order valence-electron chi connectivity index (χ4n) is 4.66. The smallest absolute Gasteiger partial charge is 0.351 e. The highest BCUT2D eigenvalue weighted by molar-refractivity contribution is 7.70. The van der Waals surface area contributed by atoms with Crippen molar-refractivity contribution >= 4 is 27.0 Å². The molecule has 1 unspecified atom stereocenters. The number of nitrogens with one attached hydrogen (secondary N) is 1. The molecular weight excluding hydrogens is 712 g/mol. The molecule has 292 valence electrons. The lowest BCUT2D eigenvalue weighted by molar-refractivity contribution is -0.0523. The number of nitrogens with zero attached hydrogens (tertiary/aromatic N) is 4. The summed E-state index contributed by atoms with van der Waals surface area (Å²) in [6, 6.07) is 7.78. The van der Waals surface area contributed by atoms with Crippen molar-refractivity contribution in [3.8, 4) is 0 Å². The molecular formula is C31H55N5O13P2. The van der Waals surface area contributed by atoms with Crippen LogP contribution in [0.3, 0.4) is 0 Å². The van der Waals surface area contributed by atoms with Gasteiger partial charge in [0.15, 0.2) is 17.9 Å². The molecule has 0 aliphatic carbocycles. The van der Waals surface area contributed by atoms with E-state index in [0.717, 1.165) is 4.57 Å². The third-order valence-corrected chi connectivity index (χ3v) is 11.1. The number of carbonyl (C=O) groups is 1. The monoisotopic (exact) mass is 767 g/mol. The predicted molar refractivity (Wildman–Crippen MR) is 190 cm³/mol. The van der Waals surface area contributed by atoms with Gasteiger partial charge < -0.3 is 48.7 Å². The number of esters is 1. The van der Waals surface area contributed by atoms with Gasteiger partial charge >= 0.3 is 26.9 Å². The lowest BCUT2D eigenvalue weighted by Gasteiger charge is -2.18. The van der Waals surface area contributed by atoms with Crippen molar-refractivity contribution in [3.63, 3.8) is 0 Å². The van der Waals surface area contributed by atoms with E-state index in [9.17, 15) is 33.8 Å². The molecule has 1 aliphatic rings. The molecule has 1 saturated heterocycles. The molecule has 0 radical (unpaired) electrons. The normalized spacial score (nSPS) is 19.8. The van der Waals surface area contributed by atoms with Gasteiger partial charge in [0, 0.05) is 6.20 Å². The van der Waals surface area contributed by atoms with Crippen LogP contribution in [0.1, 0.15) is 63.7 Å². The van der Waals surface area contributed by atoms with Crippen molar-refractivity contribution in [2.45, 2.75) is 72.7 Å². The van der Waals surface area contributed by atoms with Crippen molar-refractivity contribution in [2.75, 3.05) is 64.4 Å². The number of methoxy groups -OCH3 is 1. The second-order valence-corrected chi connectivity index (χ2v) is 15.1. The molecule has 0 saturated carbocycles. The van der Waals surface area contributed by atoms with Gasteiger partial charge in [-0.05, 0) is 63.0 Å². The van der Waals surface area contributed by atoms with Gasteiger partial charge in [0.05, 0.1) is 25.9 Å². The van der Waals surface area contributed by atoms with Crippen LogP contribution in [0.25, 0.3) is 0 Å². The minimum Gasteiger partial charge on any atom is -0.465 e. The van der Waals surface area contributed by atoms with Gasteiger partial charge in [-0.1, -0.05) is 53.7 Å². The van der Waals surface area contributed by atoms with E-state index in [1.807, 2.05) is 0 Å². The zero-order chi connectivity index (χ0) is 38.8. The summed E-state index contributed by atoms with van der Waals surface area (Å²) in [5.41, 5.74) is 2.51. The number of aliphatic hydroxyl groups excluding tert-OH is 2. The standard InChI is InChI=1S/C19H25N3O13P2.2C6H15N/c1-32-18(25)12-4-2-3-11(7-12)8-33-21-14-5-6-22(19(26)20-14)17-16(24)15(23)13(35-17)9-34-37(30,31)10-36(27,28)29;2*1-4-7(5-2)6-3/h2-7,13,15-17,23-24H,8-10H2,1H3,(H,30,31)(H,20,21,26)(H2,27,28,29);2*4-6H2,1-3H3/t13-,15-,16-,17-;;/m1../s1. The number of ether oxygens (including phenoxy) is 2. The molecule has 1 aliphatic heterocycles. The molecule has 1 aromatic heterocycles. The first kappa shape index (κ1) is 46.5. The zero-order valence-corrected chi connectivity index (χ0v) is 32.1. The van der Waals surface area contributed by atoms with Gasteiger partial charge in [-0.25, -0.2) is 15.1 Å². The first-order chi connectivity index (χ1) is 24.0. The molecule has 2 heterocycles. The van der Waals surface area contributed by atoms with Crippen molar-refractivity contribution in [3.05, 3.63) is 58.1 Å². The van der Waals surface area contributed by atoms with E-state index in [-0.39, 0.29) is 12.4 Å². The molecule has 51 heavy (non-hydrogen) atoms. The minimum absolute atomic E-state index is 0.00283. The molecule has 1 fully saturated rings. The van der Waals surface area contributed by atoms with E-state index < -0.39 is 63.9 Å². The van der Waals surface area contributed by atoms with Crippen LogP contribution in [0.5, 0.6) is 0 Å². The number of aromatic nitrogens is 2. The lowest BCUT2D eigenvalue weighted by Crippen LogP contribution is -2.36. The number of rotatable bonds is 17. The van der Waals surface area contributed by atoms with Crippen LogP contribution in [0, 0.1) is 0 Å². The summed E-state index contributed by atoms with van der Waals surface area (Å²) in [4.78, 5) is 65.1. The average Bonchev–Trinajstić information content (AvgIpc) is 3.37. The summed E-state index contributed by atoms with van der Waals surface area (Å²) >= 11 is 0. The number of aliphatic hydroxyl groups is 2. The van der Waals surface area contributed by atoms with E-state index in [1.165, 1.54) is 58.6 Å². The Hall–Kier alpha value is -2.57. The number of anilines is 1. The Balaban J connectivity index is 0.000000780. The maximum absolute atomic E-state index is 12.5. The second-order valence-electron chi connectivity index (χ2n) is 11.1. The van der Waals surface area contributed by atoms with Crippen LogP contribution in [-0.4, -0.2) is 127 Å². The van der Waals surface area contributed by atoms with Crippen LogP contribution in [-0.2, 0) is 34.6 Å². The Labute approximate surface area is 299 Å². The molecule has 2 aromatic rings. The molecule has 0 amide bonds. The van der Waals surface area contributed by atoms with E-state index in [4.69, 9.17) is 19.4 Å². The molecule has 5 atom stereocenters. The van der Waals surface area contributed by atoms with Gasteiger partial charge in [0.1, 0.15) is 18.3 Å². The minimum atomic E-state index is -4.86. The van der Waals surface area contributed by atoms with Gasteiger partial charge in [-0.15, -0.1) is 0 Å². The Morgan fingerprint density at radius 1 is 0.941 bits per heavy atom. The molecule has 1 aromatic carbocycles. The lowest BCUT2D eigenvalue weighted by atomic mass is 10.1. The first-order valence-corrected chi connectivity index (χ1v) is 20.2. The van der Waals surface area contributed by atoms with Crippen molar-refractivity contribution in [1.82, 2.24) is 19.4 Å². The fraction of sp³-hybridized carbons (Fsp3) is 0.645. The number of hydrogen-bond donors (Lipinski definition) is 6. The van der Waals surface area contributed by atoms with Crippen LogP contribution >= 0.6 is 15.2 Å². The number of carbonyl (C=O) groups excluding carboxylic acids is 1. The highest BCUT2D eigenvalue weighted by Gasteiger charge is 2.45. The molecule has 20 heteroatoms. The highest BCUT2D eigenvalue weighted by Crippen LogP contribution is 2.55. The van der Waals surface area contributed by atoms with E-state index in [0.29, 0.717) is 11.1 Å². The van der Waals surface area contributed by atoms with Crippen molar-refractivity contribution in [1.29, 1.82) is 0 Å². The number of benzene rings is 1. The Bertz CT molecular complexity index is 1450. The van der Waals surface area contributed by atoms with E-state index in [2.05, 4.69) is 71.1 Å². The Kier molecular flexibility index (Phi) is 21.1. The SMILES string of the molecule is CCN(CC)CC.CCN(CC)CC.COC(=O)c1cccc(CONc2ccn([C@@H]3O[C@H](COP(=O)(O)CP(=O)(O)O)[C@@H](O)[C@H]3O)c(=O)n2)c1. The second kappa shape index (κ2) is 23.2. The van der Waals surface area contributed by atoms with Gasteiger partial charge in [0.2, 0.25) is 0 Å². The maximum Gasteiger partial charge on any atom is 0.351 e. The summed E-state index contributed by atoms with van der Waals surface area (Å²) in [5.74, 6) is -1.95. The average molecular weight is 768 g/mol. The van der Waals surface area contributed by atoms with E-state index >= 15 is 0 Å². The quantitative estimate of drug-likeness (QED) is 0.0768. The van der Waals surface area contributed by atoms with Crippen LogP contribution in [0.2, 0.25) is 0 Å². The van der Waals surface area contributed by atoms with Crippen molar-refractivity contribution < 1.29 is 57.7 Å². The van der Waals surface area contributed by atoms with Gasteiger partial charge in [0.25, 0.3) is 0 Å².